The van der Waals surface area contributed by atoms with Gasteiger partial charge in [0.2, 0.25) is 5.28 Å². The molecule has 1 heterocycles. The molecule has 1 aromatic rings. The summed E-state index contributed by atoms with van der Waals surface area (Å²) in [6.45, 7) is 1.81. The first kappa shape index (κ1) is 7.24. The topological polar surface area (TPSA) is 63.8 Å². The summed E-state index contributed by atoms with van der Waals surface area (Å²) in [5.74, 6) is 5.61. The van der Waals surface area contributed by atoms with Gasteiger partial charge in [0.25, 0.3) is 0 Å². The van der Waals surface area contributed by atoms with Gasteiger partial charge in [-0.15, -0.1) is 0 Å². The standard InChI is InChI=1S/C5H7ClN4/c1-3-2-4(10-7)9-5(6)8-3/h2H,7H2,1H3,(H,8,9,10). The lowest BCUT2D eigenvalue weighted by molar-refractivity contribution is 1.09. The fourth-order valence-corrected chi connectivity index (χ4v) is 0.831. The van der Waals surface area contributed by atoms with Crippen LogP contribution >= 0.6 is 11.6 Å². The second kappa shape index (κ2) is 2.81. The van der Waals surface area contributed by atoms with E-state index in [4.69, 9.17) is 17.4 Å². The van der Waals surface area contributed by atoms with E-state index in [0.29, 0.717) is 5.82 Å². The van der Waals surface area contributed by atoms with E-state index in [1.54, 1.807) is 6.07 Å². The van der Waals surface area contributed by atoms with Gasteiger partial charge in [0.15, 0.2) is 0 Å². The zero-order valence-electron chi connectivity index (χ0n) is 5.43. The maximum atomic E-state index is 5.51. The van der Waals surface area contributed by atoms with Crippen LogP contribution in [0.2, 0.25) is 5.28 Å². The smallest absolute Gasteiger partial charge is 0.224 e. The van der Waals surface area contributed by atoms with Crippen molar-refractivity contribution >= 4 is 17.4 Å². The molecule has 0 bridgehead atoms. The number of nitrogens with one attached hydrogen (secondary N) is 1. The Bertz CT molecular complexity index is 217. The quantitative estimate of drug-likeness (QED) is 0.359. The Kier molecular flexibility index (Phi) is 2.03. The lowest BCUT2D eigenvalue weighted by atomic mass is 10.4. The van der Waals surface area contributed by atoms with E-state index in [2.05, 4.69) is 15.4 Å². The highest BCUT2D eigenvalue weighted by atomic mass is 35.5. The summed E-state index contributed by atoms with van der Waals surface area (Å²) < 4.78 is 0. The van der Waals surface area contributed by atoms with Gasteiger partial charge in [-0.1, -0.05) is 0 Å². The number of hydrogen-bond donors (Lipinski definition) is 2. The minimum atomic E-state index is 0.202. The van der Waals surface area contributed by atoms with Crippen molar-refractivity contribution in [1.29, 1.82) is 0 Å². The van der Waals surface area contributed by atoms with Crippen LogP contribution in [0.5, 0.6) is 0 Å². The second-order valence-corrected chi connectivity index (χ2v) is 2.15. The average Bonchev–Trinajstić information content (AvgIpc) is 1.85. The van der Waals surface area contributed by atoms with Crippen molar-refractivity contribution in [1.82, 2.24) is 9.97 Å². The van der Waals surface area contributed by atoms with Crippen molar-refractivity contribution in [2.75, 3.05) is 5.43 Å². The van der Waals surface area contributed by atoms with Crippen LogP contribution in [0, 0.1) is 6.92 Å². The van der Waals surface area contributed by atoms with Crippen molar-refractivity contribution in [3.63, 3.8) is 0 Å². The Labute approximate surface area is 63.4 Å². The summed E-state index contributed by atoms with van der Waals surface area (Å²) in [5, 5.41) is 0.202. The van der Waals surface area contributed by atoms with E-state index >= 15 is 0 Å². The highest BCUT2D eigenvalue weighted by molar-refractivity contribution is 6.28. The molecule has 0 radical (unpaired) electrons. The van der Waals surface area contributed by atoms with E-state index in [0.717, 1.165) is 5.69 Å². The van der Waals surface area contributed by atoms with Crippen molar-refractivity contribution in [2.24, 2.45) is 5.84 Å². The number of aromatic nitrogens is 2. The highest BCUT2D eigenvalue weighted by Crippen LogP contribution is 2.07. The van der Waals surface area contributed by atoms with Crippen LogP contribution in [0.15, 0.2) is 6.07 Å². The van der Waals surface area contributed by atoms with Gasteiger partial charge >= 0.3 is 0 Å². The van der Waals surface area contributed by atoms with Crippen LogP contribution in [0.1, 0.15) is 5.69 Å². The molecule has 0 fully saturated rings. The monoisotopic (exact) mass is 158 g/mol. The highest BCUT2D eigenvalue weighted by Gasteiger charge is 1.95. The molecule has 4 nitrogen and oxygen atoms in total. The molecule has 0 saturated heterocycles. The Morgan fingerprint density at radius 3 is 2.80 bits per heavy atom. The Morgan fingerprint density at radius 2 is 2.30 bits per heavy atom. The average molecular weight is 159 g/mol. The minimum Gasteiger partial charge on any atom is -0.308 e. The summed E-state index contributed by atoms with van der Waals surface area (Å²) in [7, 11) is 0. The molecular formula is C5H7ClN4. The van der Waals surface area contributed by atoms with Crippen molar-refractivity contribution < 1.29 is 0 Å². The van der Waals surface area contributed by atoms with Crippen LogP contribution in [-0.2, 0) is 0 Å². The lowest BCUT2D eigenvalue weighted by Crippen LogP contribution is -2.09. The lowest BCUT2D eigenvalue weighted by Gasteiger charge is -1.98. The number of nitrogens with two attached hydrogens (primary N) is 1. The number of hydrazine groups is 1. The van der Waals surface area contributed by atoms with Gasteiger partial charge in [0.1, 0.15) is 5.82 Å². The largest absolute Gasteiger partial charge is 0.308 e. The Morgan fingerprint density at radius 1 is 1.60 bits per heavy atom. The predicted octanol–water partition coefficient (Wildman–Crippen LogP) is 0.724. The van der Waals surface area contributed by atoms with Crippen LogP contribution in [0.4, 0.5) is 5.82 Å². The van der Waals surface area contributed by atoms with Gasteiger partial charge in [0, 0.05) is 11.8 Å². The fourth-order valence-electron chi connectivity index (χ4n) is 0.606. The number of nitrogens with zero attached hydrogens (tertiary/aromatic N) is 2. The molecule has 10 heavy (non-hydrogen) atoms. The van der Waals surface area contributed by atoms with Crippen LogP contribution in [-0.4, -0.2) is 9.97 Å². The van der Waals surface area contributed by atoms with E-state index in [9.17, 15) is 0 Å². The molecule has 0 saturated carbocycles. The number of hydrogen-bond acceptors (Lipinski definition) is 4. The summed E-state index contributed by atoms with van der Waals surface area (Å²) in [6.07, 6.45) is 0. The molecule has 1 aromatic heterocycles. The molecule has 54 valence electrons. The third kappa shape index (κ3) is 1.55. The summed E-state index contributed by atoms with van der Waals surface area (Å²) >= 11 is 5.51. The normalized spacial score (nSPS) is 9.50. The molecule has 0 unspecified atom stereocenters. The third-order valence-electron chi connectivity index (χ3n) is 0.975. The van der Waals surface area contributed by atoms with E-state index in [1.165, 1.54) is 0 Å². The van der Waals surface area contributed by atoms with Gasteiger partial charge in [-0.2, -0.15) is 4.98 Å². The third-order valence-corrected chi connectivity index (χ3v) is 1.14. The maximum Gasteiger partial charge on any atom is 0.224 e. The molecular weight excluding hydrogens is 152 g/mol. The molecule has 5 heteroatoms. The number of nitrogen functional groups attached to an aromatic ring is 1. The zero-order valence-corrected chi connectivity index (χ0v) is 6.18. The number of rotatable bonds is 1. The first-order chi connectivity index (χ1) is 4.72. The minimum absolute atomic E-state index is 0.202. The molecule has 1 rings (SSSR count). The molecule has 0 aliphatic heterocycles. The molecule has 0 spiro atoms. The summed E-state index contributed by atoms with van der Waals surface area (Å²) in [6, 6.07) is 1.70. The maximum absolute atomic E-state index is 5.51. The number of aryl methyl sites for hydroxylation is 1. The summed E-state index contributed by atoms with van der Waals surface area (Å²) in [5.41, 5.74) is 3.16. The van der Waals surface area contributed by atoms with Crippen LogP contribution in [0.3, 0.4) is 0 Å². The second-order valence-electron chi connectivity index (χ2n) is 1.81. The molecule has 0 aromatic carbocycles. The van der Waals surface area contributed by atoms with Gasteiger partial charge in [-0.05, 0) is 18.5 Å². The Balaban J connectivity index is 3.06. The molecule has 0 amide bonds. The van der Waals surface area contributed by atoms with Crippen LogP contribution in [0.25, 0.3) is 0 Å². The van der Waals surface area contributed by atoms with Gasteiger partial charge < -0.3 is 5.43 Å². The molecule has 3 N–H and O–H groups in total. The summed E-state index contributed by atoms with van der Waals surface area (Å²) in [4.78, 5) is 7.61. The molecule has 0 aliphatic rings. The number of halogens is 1. The first-order valence-corrected chi connectivity index (χ1v) is 3.08. The predicted molar refractivity (Wildman–Crippen MR) is 39.6 cm³/mol. The van der Waals surface area contributed by atoms with E-state index < -0.39 is 0 Å². The Hall–Kier alpha value is -0.870. The van der Waals surface area contributed by atoms with E-state index in [-0.39, 0.29) is 5.28 Å². The van der Waals surface area contributed by atoms with Crippen LogP contribution < -0.4 is 11.3 Å². The zero-order chi connectivity index (χ0) is 7.56. The molecule has 0 atom stereocenters. The number of anilines is 1. The fraction of sp³-hybridized carbons (Fsp3) is 0.200. The van der Waals surface area contributed by atoms with Gasteiger partial charge in [-0.25, -0.2) is 10.8 Å². The van der Waals surface area contributed by atoms with E-state index in [1.807, 2.05) is 6.92 Å². The SMILES string of the molecule is Cc1cc(NN)nc(Cl)n1. The van der Waals surface area contributed by atoms with Gasteiger partial charge in [-0.3, -0.25) is 0 Å². The van der Waals surface area contributed by atoms with Crippen molar-refractivity contribution in [3.05, 3.63) is 17.0 Å². The van der Waals surface area contributed by atoms with Crippen molar-refractivity contribution in [2.45, 2.75) is 6.92 Å². The molecule has 0 aliphatic carbocycles. The van der Waals surface area contributed by atoms with Crippen molar-refractivity contribution in [3.8, 4) is 0 Å². The first-order valence-electron chi connectivity index (χ1n) is 2.70. The van der Waals surface area contributed by atoms with Gasteiger partial charge in [0.05, 0.1) is 0 Å².